The van der Waals surface area contributed by atoms with Crippen molar-refractivity contribution in [3.05, 3.63) is 68.9 Å². The van der Waals surface area contributed by atoms with Gasteiger partial charge in [-0.25, -0.2) is 4.79 Å². The number of nitriles is 1. The van der Waals surface area contributed by atoms with Crippen molar-refractivity contribution >= 4 is 52.0 Å². The molecule has 2 amide bonds. The number of nitrogens with zero attached hydrogens (tertiary/aromatic N) is 2. The number of carbonyl (C=O) groups excluding carboxylic acids is 2. The third-order valence-corrected chi connectivity index (χ3v) is 6.70. The predicted octanol–water partition coefficient (Wildman–Crippen LogP) is 2.02. The third-order valence-electron chi connectivity index (χ3n) is 5.99. The van der Waals surface area contributed by atoms with Crippen molar-refractivity contribution in [3.63, 3.8) is 0 Å². The lowest BCUT2D eigenvalue weighted by Gasteiger charge is -2.30. The molecule has 0 fully saturated rings. The third kappa shape index (κ3) is 5.63. The molecule has 1 aromatic heterocycles. The first-order valence-electron chi connectivity index (χ1n) is 11.1. The highest BCUT2D eigenvalue weighted by molar-refractivity contribution is 6.40. The molecule has 37 heavy (non-hydrogen) atoms. The topological polar surface area (TPSA) is 174 Å². The van der Waals surface area contributed by atoms with E-state index in [2.05, 4.69) is 16.0 Å². The zero-order chi connectivity index (χ0) is 26.7. The Morgan fingerprint density at radius 1 is 1.24 bits per heavy atom. The van der Waals surface area contributed by atoms with Crippen LogP contribution in [0.1, 0.15) is 31.8 Å². The van der Waals surface area contributed by atoms with Crippen LogP contribution in [0, 0.1) is 11.5 Å². The van der Waals surface area contributed by atoms with E-state index in [1.54, 1.807) is 35.6 Å². The number of halogens is 2. The van der Waals surface area contributed by atoms with E-state index in [-0.39, 0.29) is 34.6 Å². The number of carboxylic acids is 1. The van der Waals surface area contributed by atoms with Gasteiger partial charge in [0.25, 0.3) is 11.8 Å². The number of amides is 2. The molecule has 192 valence electrons. The molecule has 0 spiro atoms. The van der Waals surface area contributed by atoms with Gasteiger partial charge in [0.1, 0.15) is 17.9 Å². The molecule has 2 aromatic carbocycles. The van der Waals surface area contributed by atoms with Gasteiger partial charge in [-0.1, -0.05) is 29.3 Å². The Labute approximate surface area is 221 Å². The molecule has 4 rings (SSSR count). The highest BCUT2D eigenvalue weighted by Crippen LogP contribution is 2.35. The lowest BCUT2D eigenvalue weighted by Crippen LogP contribution is -2.54. The number of carboxylic acid groups (broad SMARTS) is 1. The van der Waals surface area contributed by atoms with Gasteiger partial charge < -0.3 is 19.7 Å². The van der Waals surface area contributed by atoms with Crippen LogP contribution in [0.15, 0.2) is 41.0 Å². The Balaban J connectivity index is 1.50. The van der Waals surface area contributed by atoms with Gasteiger partial charge in [-0.15, -0.1) is 0 Å². The average molecular weight is 545 g/mol. The monoisotopic (exact) mass is 544 g/mol. The largest absolute Gasteiger partial charge is 0.480 e. The van der Waals surface area contributed by atoms with E-state index < -0.39 is 24.2 Å². The number of nitrogens with two attached hydrogens (primary N) is 1. The van der Waals surface area contributed by atoms with Gasteiger partial charge in [-0.3, -0.25) is 26.0 Å². The fourth-order valence-corrected chi connectivity index (χ4v) is 4.86. The van der Waals surface area contributed by atoms with Crippen LogP contribution in [-0.4, -0.2) is 53.2 Å². The standard InChI is InChI=1S/C24H22Cl2N6O5/c25-16-7-14-10-32(22(34)13-2-1-12-4-6-37-18(12)8-13)5-3-15(14)20(26)19(16)21(33)31-17(23(35)36)9-29-24(28)30-11-27/h1-2,4,6-8,17,24,29-30H,3,5,9-10,28H2,(H,31,33)(H,35,36)/t17-,24?/m0/s1. The van der Waals surface area contributed by atoms with Crippen molar-refractivity contribution in [1.82, 2.24) is 20.9 Å². The minimum absolute atomic E-state index is 0.0208. The van der Waals surface area contributed by atoms with Gasteiger partial charge >= 0.3 is 5.97 Å². The van der Waals surface area contributed by atoms with Crippen LogP contribution in [0.25, 0.3) is 11.0 Å². The van der Waals surface area contributed by atoms with E-state index in [0.717, 1.165) is 5.39 Å². The number of furan rings is 1. The number of aliphatic carboxylic acids is 1. The Hall–Kier alpha value is -3.82. The number of hydrogen-bond acceptors (Lipinski definition) is 8. The fourth-order valence-electron chi connectivity index (χ4n) is 4.10. The lowest BCUT2D eigenvalue weighted by atomic mass is 9.96. The molecule has 2 heterocycles. The summed E-state index contributed by atoms with van der Waals surface area (Å²) in [7, 11) is 0. The van der Waals surface area contributed by atoms with Crippen molar-refractivity contribution in [2.24, 2.45) is 5.73 Å². The van der Waals surface area contributed by atoms with Gasteiger partial charge in [0.05, 0.1) is 21.9 Å². The van der Waals surface area contributed by atoms with Crippen LogP contribution in [0.5, 0.6) is 0 Å². The first-order chi connectivity index (χ1) is 17.7. The van der Waals surface area contributed by atoms with E-state index >= 15 is 0 Å². The second-order valence-corrected chi connectivity index (χ2v) is 9.13. The normalized spacial score (nSPS) is 14.4. The molecule has 3 aromatic rings. The summed E-state index contributed by atoms with van der Waals surface area (Å²) in [6.07, 6.45) is 2.56. The molecule has 2 atom stereocenters. The summed E-state index contributed by atoms with van der Waals surface area (Å²) in [5.74, 6) is -2.28. The Bertz CT molecular complexity index is 1420. The summed E-state index contributed by atoms with van der Waals surface area (Å²) < 4.78 is 5.39. The van der Waals surface area contributed by atoms with Gasteiger partial charge in [0.15, 0.2) is 6.19 Å². The highest BCUT2D eigenvalue weighted by atomic mass is 35.5. The molecular formula is C24H22Cl2N6O5. The summed E-state index contributed by atoms with van der Waals surface area (Å²) in [4.78, 5) is 39.4. The second-order valence-electron chi connectivity index (χ2n) is 8.34. The minimum Gasteiger partial charge on any atom is -0.480 e. The van der Waals surface area contributed by atoms with Crippen molar-refractivity contribution < 1.29 is 23.9 Å². The molecule has 1 aliphatic rings. The van der Waals surface area contributed by atoms with Crippen molar-refractivity contribution in [3.8, 4) is 6.19 Å². The molecular weight excluding hydrogens is 523 g/mol. The summed E-state index contributed by atoms with van der Waals surface area (Å²) in [6, 6.07) is 7.25. The first-order valence-corrected chi connectivity index (χ1v) is 11.9. The quantitative estimate of drug-likeness (QED) is 0.161. The van der Waals surface area contributed by atoms with Crippen LogP contribution < -0.4 is 21.7 Å². The average Bonchev–Trinajstić information content (AvgIpc) is 3.33. The van der Waals surface area contributed by atoms with Crippen molar-refractivity contribution in [1.29, 1.82) is 5.26 Å². The summed E-state index contributed by atoms with van der Waals surface area (Å²) >= 11 is 13.0. The SMILES string of the molecule is N#CNC(N)NC[C@H](NC(=O)c1c(Cl)cc2c(c1Cl)CCN(C(=O)c1ccc3ccoc3c1)C2)C(=O)O. The molecule has 0 aliphatic carbocycles. The maximum Gasteiger partial charge on any atom is 0.327 e. The van der Waals surface area contributed by atoms with Crippen molar-refractivity contribution in [2.45, 2.75) is 25.3 Å². The Morgan fingerprint density at radius 2 is 2.03 bits per heavy atom. The van der Waals surface area contributed by atoms with Crippen LogP contribution in [0.2, 0.25) is 10.0 Å². The number of rotatable bonds is 8. The van der Waals surface area contributed by atoms with E-state index in [1.165, 1.54) is 0 Å². The number of fused-ring (bicyclic) bond motifs is 2. The molecule has 0 radical (unpaired) electrons. The summed E-state index contributed by atoms with van der Waals surface area (Å²) in [5, 5.41) is 26.2. The van der Waals surface area contributed by atoms with Crippen molar-refractivity contribution in [2.75, 3.05) is 13.1 Å². The number of nitrogens with one attached hydrogen (secondary N) is 3. The number of benzene rings is 2. The molecule has 0 saturated carbocycles. The second kappa shape index (κ2) is 11.1. The van der Waals surface area contributed by atoms with Gasteiger partial charge in [0.2, 0.25) is 0 Å². The van der Waals surface area contributed by atoms with Crippen LogP contribution in [0.4, 0.5) is 0 Å². The lowest BCUT2D eigenvalue weighted by molar-refractivity contribution is -0.139. The molecule has 0 bridgehead atoms. The van der Waals surface area contributed by atoms with E-state index in [0.29, 0.717) is 35.2 Å². The van der Waals surface area contributed by atoms with E-state index in [4.69, 9.17) is 38.6 Å². The summed E-state index contributed by atoms with van der Waals surface area (Å²) in [6.45, 7) is 0.324. The van der Waals surface area contributed by atoms with E-state index in [1.807, 2.05) is 12.1 Å². The smallest absolute Gasteiger partial charge is 0.327 e. The van der Waals surface area contributed by atoms with Gasteiger partial charge in [0, 0.05) is 30.6 Å². The van der Waals surface area contributed by atoms with Gasteiger partial charge in [-0.05, 0) is 41.8 Å². The zero-order valence-electron chi connectivity index (χ0n) is 19.3. The van der Waals surface area contributed by atoms with Crippen LogP contribution >= 0.6 is 23.2 Å². The number of carbonyl (C=O) groups is 3. The minimum atomic E-state index is -1.37. The molecule has 0 saturated heterocycles. The highest BCUT2D eigenvalue weighted by Gasteiger charge is 2.29. The molecule has 13 heteroatoms. The fraction of sp³-hybridized carbons (Fsp3) is 0.250. The first kappa shape index (κ1) is 26.2. The maximum absolute atomic E-state index is 13.1. The van der Waals surface area contributed by atoms with Gasteiger partial charge in [-0.2, -0.15) is 5.26 Å². The number of hydrogen-bond donors (Lipinski definition) is 5. The van der Waals surface area contributed by atoms with Crippen LogP contribution in [0.3, 0.4) is 0 Å². The molecule has 6 N–H and O–H groups in total. The zero-order valence-corrected chi connectivity index (χ0v) is 20.8. The Morgan fingerprint density at radius 3 is 2.76 bits per heavy atom. The molecule has 1 unspecified atom stereocenters. The van der Waals surface area contributed by atoms with Crippen LogP contribution in [-0.2, 0) is 17.8 Å². The Kier molecular flexibility index (Phi) is 7.85. The van der Waals surface area contributed by atoms with E-state index in [9.17, 15) is 19.5 Å². The summed E-state index contributed by atoms with van der Waals surface area (Å²) in [5.41, 5.74) is 7.95. The maximum atomic E-state index is 13.1. The molecule has 11 nitrogen and oxygen atoms in total. The predicted molar refractivity (Wildman–Crippen MR) is 135 cm³/mol. The molecule has 1 aliphatic heterocycles.